The highest BCUT2D eigenvalue weighted by Gasteiger charge is 2.10. The maximum Gasteiger partial charge on any atom is 0.0379 e. The van der Waals surface area contributed by atoms with Gasteiger partial charge < -0.3 is 11.5 Å². The normalized spacial score (nSPS) is 11.2. The zero-order chi connectivity index (χ0) is 16.4. The molecule has 0 atom stereocenters. The lowest BCUT2D eigenvalue weighted by Gasteiger charge is -2.16. The van der Waals surface area contributed by atoms with E-state index in [1.807, 2.05) is 0 Å². The Balaban J connectivity index is 2.41. The van der Waals surface area contributed by atoms with Crippen LogP contribution in [0.4, 0.5) is 11.4 Å². The predicted molar refractivity (Wildman–Crippen MR) is 97.5 cm³/mol. The first-order chi connectivity index (χ1) is 10.3. The molecule has 0 fully saturated rings. The third-order valence-corrected chi connectivity index (χ3v) is 4.42. The van der Waals surface area contributed by atoms with Crippen molar-refractivity contribution in [2.24, 2.45) is 0 Å². The van der Waals surface area contributed by atoms with Crippen molar-refractivity contribution in [2.45, 2.75) is 53.4 Å². The van der Waals surface area contributed by atoms with Gasteiger partial charge in [0.2, 0.25) is 0 Å². The van der Waals surface area contributed by atoms with Gasteiger partial charge in [0.15, 0.2) is 0 Å². The second kappa shape index (κ2) is 6.43. The fraction of sp³-hybridized carbons (Fsp3) is 0.400. The SMILES string of the molecule is CCc1cc(Cc2cc(C)c(N)c(C(C)C)c2)cc(C)c1N. The van der Waals surface area contributed by atoms with Gasteiger partial charge in [0.25, 0.3) is 0 Å². The highest BCUT2D eigenvalue weighted by molar-refractivity contribution is 5.58. The van der Waals surface area contributed by atoms with Crippen LogP contribution in [0.2, 0.25) is 0 Å². The molecular weight excluding hydrogens is 268 g/mol. The molecule has 2 nitrogen and oxygen atoms in total. The Morgan fingerprint density at radius 1 is 0.864 bits per heavy atom. The van der Waals surface area contributed by atoms with Crippen LogP contribution in [0.15, 0.2) is 24.3 Å². The summed E-state index contributed by atoms with van der Waals surface area (Å²) in [6.07, 6.45) is 1.90. The minimum atomic E-state index is 0.443. The maximum absolute atomic E-state index is 6.22. The Labute approximate surface area is 134 Å². The van der Waals surface area contributed by atoms with Crippen LogP contribution in [0.5, 0.6) is 0 Å². The Kier molecular flexibility index (Phi) is 4.80. The topological polar surface area (TPSA) is 52.0 Å². The standard InChI is InChI=1S/C20H28N2/c1-6-17-10-15(7-13(4)19(17)21)9-16-8-14(5)20(22)18(11-16)12(2)3/h7-8,10-12H,6,9,21-22H2,1-5H3. The summed E-state index contributed by atoms with van der Waals surface area (Å²) in [5, 5.41) is 0. The van der Waals surface area contributed by atoms with E-state index in [-0.39, 0.29) is 0 Å². The van der Waals surface area contributed by atoms with E-state index < -0.39 is 0 Å². The van der Waals surface area contributed by atoms with Gasteiger partial charge >= 0.3 is 0 Å². The summed E-state index contributed by atoms with van der Waals surface area (Å²) in [7, 11) is 0. The van der Waals surface area contributed by atoms with Gasteiger partial charge in [0.1, 0.15) is 0 Å². The first-order valence-corrected chi connectivity index (χ1v) is 8.10. The Hall–Kier alpha value is -1.96. The van der Waals surface area contributed by atoms with E-state index in [1.165, 1.54) is 33.4 Å². The van der Waals surface area contributed by atoms with Gasteiger partial charge in [-0.05, 0) is 66.0 Å². The van der Waals surface area contributed by atoms with Crippen molar-refractivity contribution in [3.8, 4) is 0 Å². The van der Waals surface area contributed by atoms with E-state index in [4.69, 9.17) is 11.5 Å². The van der Waals surface area contributed by atoms with Crippen LogP contribution in [-0.4, -0.2) is 0 Å². The first-order valence-electron chi connectivity index (χ1n) is 8.10. The van der Waals surface area contributed by atoms with Crippen LogP contribution in [0.3, 0.4) is 0 Å². The van der Waals surface area contributed by atoms with Gasteiger partial charge in [-0.2, -0.15) is 0 Å². The van der Waals surface area contributed by atoms with Crippen LogP contribution in [0.1, 0.15) is 60.1 Å². The summed E-state index contributed by atoms with van der Waals surface area (Å²) in [5.74, 6) is 0.443. The molecule has 0 heterocycles. The number of nitrogen functional groups attached to an aromatic ring is 2. The Bertz CT molecular complexity index is 685. The molecule has 0 saturated carbocycles. The van der Waals surface area contributed by atoms with Crippen molar-refractivity contribution < 1.29 is 0 Å². The number of hydrogen-bond acceptors (Lipinski definition) is 2. The second-order valence-electron chi connectivity index (χ2n) is 6.59. The third kappa shape index (κ3) is 3.27. The van der Waals surface area contributed by atoms with Crippen LogP contribution < -0.4 is 11.5 Å². The molecule has 22 heavy (non-hydrogen) atoms. The molecule has 0 amide bonds. The van der Waals surface area contributed by atoms with E-state index >= 15 is 0 Å². The van der Waals surface area contributed by atoms with Crippen molar-refractivity contribution in [1.82, 2.24) is 0 Å². The summed E-state index contributed by atoms with van der Waals surface area (Å²) >= 11 is 0. The van der Waals surface area contributed by atoms with Crippen LogP contribution in [-0.2, 0) is 12.8 Å². The van der Waals surface area contributed by atoms with E-state index in [0.29, 0.717) is 5.92 Å². The summed E-state index contributed by atoms with van der Waals surface area (Å²) in [4.78, 5) is 0. The Morgan fingerprint density at radius 3 is 1.95 bits per heavy atom. The summed E-state index contributed by atoms with van der Waals surface area (Å²) in [5.41, 5.74) is 21.7. The van der Waals surface area contributed by atoms with Crippen molar-refractivity contribution in [1.29, 1.82) is 0 Å². The number of anilines is 2. The van der Waals surface area contributed by atoms with Gasteiger partial charge in [0.05, 0.1) is 0 Å². The fourth-order valence-electron chi connectivity index (χ4n) is 3.06. The quantitative estimate of drug-likeness (QED) is 0.800. The number of hydrogen-bond donors (Lipinski definition) is 2. The second-order valence-corrected chi connectivity index (χ2v) is 6.59. The van der Waals surface area contributed by atoms with E-state index in [9.17, 15) is 0 Å². The lowest BCUT2D eigenvalue weighted by atomic mass is 9.92. The molecule has 118 valence electrons. The molecule has 4 N–H and O–H groups in total. The molecule has 2 aromatic rings. The number of nitrogens with two attached hydrogens (primary N) is 2. The molecule has 2 heteroatoms. The molecule has 0 bridgehead atoms. The van der Waals surface area contributed by atoms with E-state index in [0.717, 1.165) is 24.2 Å². The highest BCUT2D eigenvalue weighted by Crippen LogP contribution is 2.28. The lowest BCUT2D eigenvalue weighted by molar-refractivity contribution is 0.865. The minimum Gasteiger partial charge on any atom is -0.398 e. The largest absolute Gasteiger partial charge is 0.398 e. The van der Waals surface area contributed by atoms with Gasteiger partial charge in [-0.1, -0.05) is 45.0 Å². The molecule has 2 aromatic carbocycles. The lowest BCUT2D eigenvalue weighted by Crippen LogP contribution is -2.03. The van der Waals surface area contributed by atoms with E-state index in [2.05, 4.69) is 58.9 Å². The monoisotopic (exact) mass is 296 g/mol. The van der Waals surface area contributed by atoms with Crippen molar-refractivity contribution in [2.75, 3.05) is 11.5 Å². The van der Waals surface area contributed by atoms with Crippen LogP contribution in [0.25, 0.3) is 0 Å². The summed E-state index contributed by atoms with van der Waals surface area (Å²) in [6.45, 7) is 10.7. The van der Waals surface area contributed by atoms with Crippen molar-refractivity contribution >= 4 is 11.4 Å². The fourth-order valence-corrected chi connectivity index (χ4v) is 3.06. The highest BCUT2D eigenvalue weighted by atomic mass is 14.6. The molecule has 0 spiro atoms. The van der Waals surface area contributed by atoms with Crippen LogP contribution in [0, 0.1) is 13.8 Å². The smallest absolute Gasteiger partial charge is 0.0379 e. The molecule has 0 aromatic heterocycles. The molecule has 0 unspecified atom stereocenters. The van der Waals surface area contributed by atoms with Gasteiger partial charge in [-0.25, -0.2) is 0 Å². The van der Waals surface area contributed by atoms with Gasteiger partial charge in [-0.15, -0.1) is 0 Å². The van der Waals surface area contributed by atoms with E-state index in [1.54, 1.807) is 0 Å². The minimum absolute atomic E-state index is 0.443. The number of aryl methyl sites for hydroxylation is 3. The molecule has 0 radical (unpaired) electrons. The van der Waals surface area contributed by atoms with Crippen molar-refractivity contribution in [3.05, 3.63) is 57.6 Å². The predicted octanol–water partition coefficient (Wildman–Crippen LogP) is 4.74. The molecule has 0 aliphatic carbocycles. The molecule has 0 saturated heterocycles. The third-order valence-electron chi connectivity index (χ3n) is 4.42. The zero-order valence-corrected chi connectivity index (χ0v) is 14.5. The zero-order valence-electron chi connectivity index (χ0n) is 14.5. The average Bonchev–Trinajstić information content (AvgIpc) is 2.45. The number of rotatable bonds is 4. The molecular formula is C20H28N2. The molecule has 0 aliphatic heterocycles. The molecule has 0 aliphatic rings. The Morgan fingerprint density at radius 2 is 1.41 bits per heavy atom. The average molecular weight is 296 g/mol. The summed E-state index contributed by atoms with van der Waals surface area (Å²) in [6, 6.07) is 8.90. The molecule has 2 rings (SSSR count). The summed E-state index contributed by atoms with van der Waals surface area (Å²) < 4.78 is 0. The van der Waals surface area contributed by atoms with Crippen molar-refractivity contribution in [3.63, 3.8) is 0 Å². The first kappa shape index (κ1) is 16.4. The van der Waals surface area contributed by atoms with Gasteiger partial charge in [-0.3, -0.25) is 0 Å². The number of benzene rings is 2. The maximum atomic E-state index is 6.22. The van der Waals surface area contributed by atoms with Gasteiger partial charge in [0, 0.05) is 11.4 Å². The van der Waals surface area contributed by atoms with Crippen LogP contribution >= 0.6 is 0 Å².